The van der Waals surface area contributed by atoms with Crippen molar-refractivity contribution in [3.63, 3.8) is 0 Å². The molecule has 0 atom stereocenters. The van der Waals surface area contributed by atoms with Gasteiger partial charge in [-0.15, -0.1) is 0 Å². The Bertz CT molecular complexity index is 111. The predicted octanol–water partition coefficient (Wildman–Crippen LogP) is 0.620. The van der Waals surface area contributed by atoms with Crippen LogP contribution in [0.2, 0.25) is 0 Å². The van der Waals surface area contributed by atoms with Crippen LogP contribution in [0.1, 0.15) is 19.8 Å². The van der Waals surface area contributed by atoms with Crippen LogP contribution >= 0.6 is 0 Å². The zero-order chi connectivity index (χ0) is 8.27. The molecule has 0 bridgehead atoms. The highest BCUT2D eigenvalue weighted by molar-refractivity contribution is 4.84. The molecule has 0 amide bonds. The topological polar surface area (TPSA) is 24.5 Å². The lowest BCUT2D eigenvalue weighted by Crippen LogP contribution is -2.50. The third-order valence-electron chi connectivity index (χ3n) is 1.94. The molecule has 1 aliphatic rings. The van der Waals surface area contributed by atoms with Crippen LogP contribution in [0.3, 0.4) is 0 Å². The second kappa shape index (κ2) is 4.04. The van der Waals surface area contributed by atoms with Gasteiger partial charge in [0.2, 0.25) is 0 Å². The van der Waals surface area contributed by atoms with Gasteiger partial charge < -0.3 is 4.74 Å². The summed E-state index contributed by atoms with van der Waals surface area (Å²) in [6.45, 7) is 2.89. The first-order chi connectivity index (χ1) is 5.22. The van der Waals surface area contributed by atoms with Crippen molar-refractivity contribution in [2.24, 2.45) is 0 Å². The fraction of sp³-hybridized carbons (Fsp3) is 1.00. The molecule has 1 aliphatic carbocycles. The number of hydrogen-bond acceptors (Lipinski definition) is 3. The summed E-state index contributed by atoms with van der Waals surface area (Å²) in [5.74, 6) is 0. The van der Waals surface area contributed by atoms with Crippen LogP contribution in [-0.2, 0) is 4.74 Å². The molecule has 11 heavy (non-hydrogen) atoms. The number of hydrogen-bond donors (Lipinski definition) is 1. The summed E-state index contributed by atoms with van der Waals surface area (Å²) in [7, 11) is 4.04. The number of ether oxygens (including phenoxy) is 1. The molecule has 1 saturated carbocycles. The zero-order valence-corrected chi connectivity index (χ0v) is 7.63. The Hall–Kier alpha value is -0.120. The average molecular weight is 158 g/mol. The van der Waals surface area contributed by atoms with Gasteiger partial charge in [-0.2, -0.15) is 0 Å². The van der Waals surface area contributed by atoms with Gasteiger partial charge >= 0.3 is 0 Å². The van der Waals surface area contributed by atoms with Crippen molar-refractivity contribution in [2.75, 3.05) is 20.7 Å². The fourth-order valence-corrected chi connectivity index (χ4v) is 1.41. The summed E-state index contributed by atoms with van der Waals surface area (Å²) in [5.41, 5.74) is 3.32. The van der Waals surface area contributed by atoms with Gasteiger partial charge in [0.25, 0.3) is 0 Å². The summed E-state index contributed by atoms with van der Waals surface area (Å²) in [5, 5.41) is 2.01. The van der Waals surface area contributed by atoms with Crippen molar-refractivity contribution in [3.05, 3.63) is 0 Å². The highest BCUT2D eigenvalue weighted by Gasteiger charge is 2.29. The molecule has 0 aromatic carbocycles. The van der Waals surface area contributed by atoms with Gasteiger partial charge in [0.1, 0.15) is 0 Å². The molecule has 0 heterocycles. The minimum Gasteiger partial charge on any atom is -0.378 e. The van der Waals surface area contributed by atoms with Crippen LogP contribution in [0.15, 0.2) is 0 Å². The molecule has 0 aromatic heterocycles. The van der Waals surface area contributed by atoms with Crippen molar-refractivity contribution in [2.45, 2.75) is 31.9 Å². The maximum atomic E-state index is 5.43. The van der Waals surface area contributed by atoms with Crippen LogP contribution in [0.4, 0.5) is 0 Å². The quantitative estimate of drug-likeness (QED) is 0.607. The van der Waals surface area contributed by atoms with Gasteiger partial charge in [-0.25, -0.2) is 0 Å². The summed E-state index contributed by atoms with van der Waals surface area (Å²) in [6.07, 6.45) is 2.83. The molecular formula is C8H18N2O. The van der Waals surface area contributed by atoms with Crippen molar-refractivity contribution >= 4 is 0 Å². The van der Waals surface area contributed by atoms with Crippen molar-refractivity contribution in [3.8, 4) is 0 Å². The van der Waals surface area contributed by atoms with Crippen LogP contribution in [0.5, 0.6) is 0 Å². The Morgan fingerprint density at radius 2 is 2.09 bits per heavy atom. The third-order valence-corrected chi connectivity index (χ3v) is 1.94. The summed E-state index contributed by atoms with van der Waals surface area (Å²) < 4.78 is 5.43. The predicted molar refractivity (Wildman–Crippen MR) is 45.3 cm³/mol. The van der Waals surface area contributed by atoms with Crippen LogP contribution in [0.25, 0.3) is 0 Å². The van der Waals surface area contributed by atoms with E-state index in [9.17, 15) is 0 Å². The largest absolute Gasteiger partial charge is 0.378 e. The van der Waals surface area contributed by atoms with Crippen LogP contribution in [-0.4, -0.2) is 37.9 Å². The molecule has 0 radical (unpaired) electrons. The summed E-state index contributed by atoms with van der Waals surface area (Å²) in [6, 6.07) is 0.640. The molecule has 0 saturated heterocycles. The van der Waals surface area contributed by atoms with Crippen molar-refractivity contribution < 1.29 is 4.74 Å². The van der Waals surface area contributed by atoms with E-state index in [-0.39, 0.29) is 0 Å². The third kappa shape index (κ3) is 2.77. The van der Waals surface area contributed by atoms with Gasteiger partial charge in [0, 0.05) is 26.7 Å². The molecule has 0 spiro atoms. The second-order valence-corrected chi connectivity index (χ2v) is 3.27. The molecule has 1 N–H and O–H groups in total. The highest BCUT2D eigenvalue weighted by Crippen LogP contribution is 2.22. The van der Waals surface area contributed by atoms with E-state index < -0.39 is 0 Å². The van der Waals surface area contributed by atoms with Crippen molar-refractivity contribution in [1.82, 2.24) is 10.4 Å². The standard InChI is InChI=1S/C8H18N2O/c1-4-11-8-5-7(6-8)9-10(2)3/h7-9H,4-6H2,1-3H3. The van der Waals surface area contributed by atoms with E-state index in [1.807, 2.05) is 26.0 Å². The molecule has 3 nitrogen and oxygen atoms in total. The molecule has 66 valence electrons. The smallest absolute Gasteiger partial charge is 0.0605 e. The van der Waals surface area contributed by atoms with E-state index in [4.69, 9.17) is 4.74 Å². The maximum Gasteiger partial charge on any atom is 0.0605 e. The molecule has 1 rings (SSSR count). The summed E-state index contributed by atoms with van der Waals surface area (Å²) in [4.78, 5) is 0. The Kier molecular flexibility index (Phi) is 3.30. The average Bonchev–Trinajstić information content (AvgIpc) is 1.82. The van der Waals surface area contributed by atoms with E-state index in [0.29, 0.717) is 12.1 Å². The van der Waals surface area contributed by atoms with E-state index in [1.165, 1.54) is 0 Å². The molecule has 0 aromatic rings. The summed E-state index contributed by atoms with van der Waals surface area (Å²) >= 11 is 0. The zero-order valence-electron chi connectivity index (χ0n) is 7.63. The Morgan fingerprint density at radius 3 is 2.55 bits per heavy atom. The van der Waals surface area contributed by atoms with E-state index >= 15 is 0 Å². The van der Waals surface area contributed by atoms with Gasteiger partial charge in [0.15, 0.2) is 0 Å². The van der Waals surface area contributed by atoms with Gasteiger partial charge in [-0.05, 0) is 19.8 Å². The fourth-order valence-electron chi connectivity index (χ4n) is 1.41. The van der Waals surface area contributed by atoms with Crippen LogP contribution < -0.4 is 5.43 Å². The number of nitrogens with zero attached hydrogens (tertiary/aromatic N) is 1. The highest BCUT2D eigenvalue weighted by atomic mass is 16.5. The number of nitrogens with one attached hydrogen (secondary N) is 1. The first kappa shape index (κ1) is 8.97. The molecule has 0 aliphatic heterocycles. The monoisotopic (exact) mass is 158 g/mol. The molecule has 1 fully saturated rings. The van der Waals surface area contributed by atoms with E-state index in [1.54, 1.807) is 0 Å². The second-order valence-electron chi connectivity index (χ2n) is 3.27. The molecule has 0 unspecified atom stereocenters. The minimum absolute atomic E-state index is 0.512. The van der Waals surface area contributed by atoms with Gasteiger partial charge in [-0.3, -0.25) is 10.4 Å². The van der Waals surface area contributed by atoms with Crippen LogP contribution in [0, 0.1) is 0 Å². The van der Waals surface area contributed by atoms with Gasteiger partial charge in [-0.1, -0.05) is 0 Å². The first-order valence-corrected chi connectivity index (χ1v) is 4.27. The molecular weight excluding hydrogens is 140 g/mol. The minimum atomic E-state index is 0.512. The maximum absolute atomic E-state index is 5.43. The number of rotatable bonds is 4. The number of hydrazine groups is 1. The lowest BCUT2D eigenvalue weighted by atomic mass is 9.90. The van der Waals surface area contributed by atoms with E-state index in [0.717, 1.165) is 19.4 Å². The van der Waals surface area contributed by atoms with Gasteiger partial charge in [0.05, 0.1) is 6.10 Å². The Labute approximate surface area is 68.7 Å². The Balaban J connectivity index is 2.00. The first-order valence-electron chi connectivity index (χ1n) is 4.27. The van der Waals surface area contributed by atoms with E-state index in [2.05, 4.69) is 5.43 Å². The lowest BCUT2D eigenvalue weighted by molar-refractivity contribution is -0.0240. The Morgan fingerprint density at radius 1 is 1.45 bits per heavy atom. The molecule has 3 heteroatoms. The lowest BCUT2D eigenvalue weighted by Gasteiger charge is -2.37. The normalized spacial score (nSPS) is 30.5. The SMILES string of the molecule is CCOC1CC(NN(C)C)C1. The van der Waals surface area contributed by atoms with Crippen molar-refractivity contribution in [1.29, 1.82) is 0 Å².